The number of piperidine rings is 1. The molecule has 5 aliphatic heterocycles. The molecule has 0 spiro atoms. The van der Waals surface area contributed by atoms with Gasteiger partial charge in [-0.2, -0.15) is 13.0 Å². The molecular weight excluding hydrogens is 550 g/mol. The fraction of sp³-hybridized carbons (Fsp3) is 0.515. The fourth-order valence-electron chi connectivity index (χ4n) is 8.62. The number of amides is 1. The van der Waals surface area contributed by atoms with E-state index >= 15 is 0 Å². The number of carbonyl (C=O) groups is 1. The minimum atomic E-state index is -4.30. The van der Waals surface area contributed by atoms with Crippen LogP contribution < -0.4 is 10.2 Å². The van der Waals surface area contributed by atoms with Crippen LogP contribution in [0.2, 0.25) is 0 Å². The molecule has 9 heteroatoms. The highest BCUT2D eigenvalue weighted by atomic mass is 32.2. The molecule has 4 unspecified atom stereocenters. The van der Waals surface area contributed by atoms with E-state index in [-0.39, 0.29) is 40.4 Å². The Morgan fingerprint density at radius 1 is 1.12 bits per heavy atom. The number of nitrogens with one attached hydrogen (secondary N) is 1. The van der Waals surface area contributed by atoms with Crippen LogP contribution in [0, 0.1) is 5.92 Å². The van der Waals surface area contributed by atoms with Gasteiger partial charge in [-0.1, -0.05) is 32.1 Å². The zero-order chi connectivity index (χ0) is 29.8. The number of fused-ring (bicyclic) bond motifs is 9. The largest absolute Gasteiger partial charge is 0.369 e. The van der Waals surface area contributed by atoms with Crippen molar-refractivity contribution in [2.75, 3.05) is 24.5 Å². The van der Waals surface area contributed by atoms with Crippen LogP contribution in [-0.4, -0.2) is 67.0 Å². The second-order valence-corrected chi connectivity index (χ2v) is 15.0. The molecule has 42 heavy (non-hydrogen) atoms. The van der Waals surface area contributed by atoms with Gasteiger partial charge in [-0.25, -0.2) is 0 Å². The first-order chi connectivity index (χ1) is 19.8. The maximum atomic E-state index is 12.3. The van der Waals surface area contributed by atoms with E-state index in [1.165, 1.54) is 28.6 Å². The molecule has 4 atom stereocenters. The van der Waals surface area contributed by atoms with E-state index in [2.05, 4.69) is 66.8 Å². The standard InChI is InChI=1S/C33H39N3O5S/c1-6-34-29(37)16-19-7-9-25-23(15-19)32(2,3)30-21-18-22-28(41-27(21)11-13-35(25)30)12-14-36-26-10-8-20(42(38,39)40)17-24(26)33(4,5)31(22)36/h7-10,15,17-18,21,27-28,30H,6,11-14,16H2,1-5H3,(H-,34,37,38,39,40)/p+1. The molecule has 5 heterocycles. The lowest BCUT2D eigenvalue weighted by Gasteiger charge is -2.50. The van der Waals surface area contributed by atoms with Crippen LogP contribution >= 0.6 is 0 Å². The Hall–Kier alpha value is -3.01. The summed E-state index contributed by atoms with van der Waals surface area (Å²) in [7, 11) is -4.30. The van der Waals surface area contributed by atoms with Gasteiger partial charge in [0.2, 0.25) is 11.6 Å². The molecule has 2 aromatic carbocycles. The summed E-state index contributed by atoms with van der Waals surface area (Å²) < 4.78 is 43.0. The van der Waals surface area contributed by atoms with Crippen molar-refractivity contribution < 1.29 is 27.1 Å². The van der Waals surface area contributed by atoms with Gasteiger partial charge in [-0.3, -0.25) is 9.35 Å². The van der Waals surface area contributed by atoms with Crippen molar-refractivity contribution in [3.8, 4) is 0 Å². The van der Waals surface area contributed by atoms with E-state index in [1.54, 1.807) is 6.07 Å². The Bertz CT molecular complexity index is 1690. The number of hydrogen-bond donors (Lipinski definition) is 2. The van der Waals surface area contributed by atoms with E-state index in [1.807, 2.05) is 13.0 Å². The summed E-state index contributed by atoms with van der Waals surface area (Å²) in [5.41, 5.74) is 7.28. The Labute approximate surface area is 248 Å². The van der Waals surface area contributed by atoms with Gasteiger partial charge >= 0.3 is 0 Å². The van der Waals surface area contributed by atoms with Gasteiger partial charge in [-0.05, 0) is 56.5 Å². The smallest absolute Gasteiger partial charge is 0.294 e. The molecule has 0 aromatic heterocycles. The van der Waals surface area contributed by atoms with E-state index in [0.29, 0.717) is 13.0 Å². The summed E-state index contributed by atoms with van der Waals surface area (Å²) in [6, 6.07) is 11.7. The Kier molecular flexibility index (Phi) is 6.12. The topological polar surface area (TPSA) is 99.0 Å². The molecule has 222 valence electrons. The molecule has 8 nitrogen and oxygen atoms in total. The van der Waals surface area contributed by atoms with Crippen LogP contribution in [0.15, 0.2) is 52.9 Å². The van der Waals surface area contributed by atoms with Crippen molar-refractivity contribution in [2.45, 2.75) is 87.9 Å². The number of likely N-dealkylation sites (N-methyl/N-ethyl adjacent to an activating group) is 1. The van der Waals surface area contributed by atoms with Crippen molar-refractivity contribution in [3.05, 3.63) is 64.7 Å². The maximum absolute atomic E-state index is 12.3. The molecule has 2 N–H and O–H groups in total. The van der Waals surface area contributed by atoms with E-state index in [9.17, 15) is 17.8 Å². The quantitative estimate of drug-likeness (QED) is 0.408. The van der Waals surface area contributed by atoms with Crippen LogP contribution in [0.3, 0.4) is 0 Å². The zero-order valence-corrected chi connectivity index (χ0v) is 25.8. The van der Waals surface area contributed by atoms with Crippen molar-refractivity contribution in [1.29, 1.82) is 0 Å². The SMILES string of the molecule is CCNC(=O)Cc1ccc2c(c1)C(C)(C)C1C3C=C4C5=[N+](CCC4OC3CCN21)c1ccc(S(=O)(=O)O)cc1C5(C)C. The van der Waals surface area contributed by atoms with Gasteiger partial charge in [0.1, 0.15) is 0 Å². The number of benzene rings is 2. The first-order valence-corrected chi connectivity index (χ1v) is 16.6. The van der Waals surface area contributed by atoms with Gasteiger partial charge < -0.3 is 15.0 Å². The second kappa shape index (κ2) is 9.24. The predicted octanol–water partition coefficient (Wildman–Crippen LogP) is 4.27. The van der Waals surface area contributed by atoms with Crippen LogP contribution in [0.25, 0.3) is 0 Å². The number of anilines is 1. The molecule has 2 aromatic rings. The highest BCUT2D eigenvalue weighted by molar-refractivity contribution is 7.85. The van der Waals surface area contributed by atoms with E-state index in [4.69, 9.17) is 4.74 Å². The summed E-state index contributed by atoms with van der Waals surface area (Å²) in [5.74, 6) is 0.227. The van der Waals surface area contributed by atoms with Gasteiger partial charge in [0.05, 0.1) is 28.9 Å². The molecule has 0 saturated carbocycles. The Morgan fingerprint density at radius 3 is 2.64 bits per heavy atom. The minimum Gasteiger partial charge on any atom is -0.369 e. The first-order valence-electron chi connectivity index (χ1n) is 15.1. The van der Waals surface area contributed by atoms with Crippen molar-refractivity contribution in [1.82, 2.24) is 5.32 Å². The van der Waals surface area contributed by atoms with E-state index in [0.717, 1.165) is 42.7 Å². The average Bonchev–Trinajstić information content (AvgIpc) is 3.31. The molecule has 0 radical (unpaired) electrons. The van der Waals surface area contributed by atoms with Gasteiger partial charge in [0.15, 0.2) is 12.3 Å². The summed E-state index contributed by atoms with van der Waals surface area (Å²) >= 11 is 0. The molecular formula is C33H40N3O5S+. The van der Waals surface area contributed by atoms with Crippen LogP contribution in [-0.2, 0) is 36.9 Å². The van der Waals surface area contributed by atoms with Gasteiger partial charge in [-0.15, -0.1) is 0 Å². The molecule has 0 aliphatic carbocycles. The first kappa shape index (κ1) is 27.8. The number of rotatable bonds is 4. The Balaban J connectivity index is 1.28. The molecule has 1 amide bonds. The summed E-state index contributed by atoms with van der Waals surface area (Å²) in [6.45, 7) is 13.2. The number of hydrogen-bond acceptors (Lipinski definition) is 5. The highest BCUT2D eigenvalue weighted by Crippen LogP contribution is 2.54. The van der Waals surface area contributed by atoms with Crippen LogP contribution in [0.5, 0.6) is 0 Å². The average molecular weight is 591 g/mol. The molecule has 0 bridgehead atoms. The Morgan fingerprint density at radius 2 is 1.90 bits per heavy atom. The number of nitrogens with zero attached hydrogens (tertiary/aromatic N) is 2. The lowest BCUT2D eigenvalue weighted by molar-refractivity contribution is -0.445. The van der Waals surface area contributed by atoms with E-state index < -0.39 is 15.5 Å². The number of ether oxygens (including phenoxy) is 1. The second-order valence-electron chi connectivity index (χ2n) is 13.6. The summed E-state index contributed by atoms with van der Waals surface area (Å²) in [6.07, 6.45) is 4.83. The monoisotopic (exact) mass is 590 g/mol. The van der Waals surface area contributed by atoms with Crippen molar-refractivity contribution in [2.24, 2.45) is 5.92 Å². The van der Waals surface area contributed by atoms with Crippen molar-refractivity contribution in [3.63, 3.8) is 0 Å². The molecule has 7 rings (SSSR count). The lowest BCUT2D eigenvalue weighted by atomic mass is 9.68. The van der Waals surface area contributed by atoms with Crippen molar-refractivity contribution >= 4 is 33.1 Å². The third kappa shape index (κ3) is 3.96. The summed E-state index contributed by atoms with van der Waals surface area (Å²) in [5, 5.41) is 2.92. The van der Waals surface area contributed by atoms with Gasteiger partial charge in [0, 0.05) is 59.8 Å². The predicted molar refractivity (Wildman–Crippen MR) is 162 cm³/mol. The molecule has 1 saturated heterocycles. The third-order valence-electron chi connectivity index (χ3n) is 10.4. The van der Waals surface area contributed by atoms with Crippen LogP contribution in [0.4, 0.5) is 11.4 Å². The zero-order valence-electron chi connectivity index (χ0n) is 25.0. The third-order valence-corrected chi connectivity index (χ3v) is 11.2. The number of carbonyl (C=O) groups excluding carboxylic acids is 1. The van der Waals surface area contributed by atoms with Crippen LogP contribution in [0.1, 0.15) is 64.2 Å². The lowest BCUT2D eigenvalue weighted by Crippen LogP contribution is -2.58. The molecule has 5 aliphatic rings. The fourth-order valence-corrected chi connectivity index (χ4v) is 9.12. The normalized spacial score (nSPS) is 28.1. The molecule has 1 fully saturated rings. The summed E-state index contributed by atoms with van der Waals surface area (Å²) in [4.78, 5) is 14.8. The minimum absolute atomic E-state index is 0.00857. The maximum Gasteiger partial charge on any atom is 0.294 e. The highest BCUT2D eigenvalue weighted by Gasteiger charge is 2.57. The van der Waals surface area contributed by atoms with Gasteiger partial charge in [0.25, 0.3) is 10.1 Å².